The van der Waals surface area contributed by atoms with Crippen LogP contribution < -0.4 is 15.5 Å². The van der Waals surface area contributed by atoms with Gasteiger partial charge in [0.25, 0.3) is 0 Å². The molecule has 2 N–H and O–H groups in total. The van der Waals surface area contributed by atoms with Gasteiger partial charge in [0.15, 0.2) is 5.82 Å². The summed E-state index contributed by atoms with van der Waals surface area (Å²) in [6.07, 6.45) is 4.46. The van der Waals surface area contributed by atoms with Crippen LogP contribution in [0, 0.1) is 6.92 Å². The van der Waals surface area contributed by atoms with E-state index < -0.39 is 0 Å². The van der Waals surface area contributed by atoms with Gasteiger partial charge in [-0.15, -0.1) is 5.10 Å². The fourth-order valence-corrected chi connectivity index (χ4v) is 3.48. The van der Waals surface area contributed by atoms with Crippen molar-refractivity contribution in [1.29, 1.82) is 0 Å². The second-order valence-electron chi connectivity index (χ2n) is 7.09. The second-order valence-corrected chi connectivity index (χ2v) is 7.09. The zero-order valence-electron chi connectivity index (χ0n) is 15.2. The Bertz CT molecular complexity index is 559. The molecule has 0 bridgehead atoms. The van der Waals surface area contributed by atoms with E-state index >= 15 is 0 Å². The smallest absolute Gasteiger partial charge is 0.236 e. The zero-order chi connectivity index (χ0) is 17.6. The van der Waals surface area contributed by atoms with Crippen LogP contribution in [0.3, 0.4) is 0 Å². The van der Waals surface area contributed by atoms with Crippen LogP contribution in [0.15, 0.2) is 12.1 Å². The van der Waals surface area contributed by atoms with Gasteiger partial charge in [-0.2, -0.15) is 5.10 Å². The van der Waals surface area contributed by atoms with Gasteiger partial charge < -0.3 is 20.3 Å². The third-order valence-corrected chi connectivity index (χ3v) is 4.94. The lowest BCUT2D eigenvalue weighted by Gasteiger charge is -2.35. The van der Waals surface area contributed by atoms with Crippen molar-refractivity contribution in [2.45, 2.75) is 57.7 Å². The average Bonchev–Trinajstić information content (AvgIpc) is 3.14. The van der Waals surface area contributed by atoms with Gasteiger partial charge in [0, 0.05) is 32.3 Å². The quantitative estimate of drug-likeness (QED) is 0.800. The number of hydrogen-bond acceptors (Lipinski definition) is 6. The molecule has 25 heavy (non-hydrogen) atoms. The van der Waals surface area contributed by atoms with E-state index in [1.807, 2.05) is 26.0 Å². The summed E-state index contributed by atoms with van der Waals surface area (Å²) in [6, 6.07) is 4.07. The van der Waals surface area contributed by atoms with E-state index in [2.05, 4.69) is 25.7 Å². The molecule has 0 spiro atoms. The summed E-state index contributed by atoms with van der Waals surface area (Å²) < 4.78 is 5.55. The monoisotopic (exact) mass is 347 g/mol. The second kappa shape index (κ2) is 8.58. The minimum atomic E-state index is -0.213. The number of nitrogens with zero attached hydrogens (tertiary/aromatic N) is 3. The van der Waals surface area contributed by atoms with E-state index in [-0.39, 0.29) is 24.1 Å². The van der Waals surface area contributed by atoms with Crippen LogP contribution >= 0.6 is 0 Å². The van der Waals surface area contributed by atoms with Crippen molar-refractivity contribution < 1.29 is 9.53 Å². The Morgan fingerprint density at radius 1 is 1.36 bits per heavy atom. The number of carbonyl (C=O) groups is 1. The van der Waals surface area contributed by atoms with E-state index in [4.69, 9.17) is 4.74 Å². The van der Waals surface area contributed by atoms with Crippen molar-refractivity contribution >= 4 is 11.7 Å². The lowest BCUT2D eigenvalue weighted by Crippen LogP contribution is -2.53. The molecule has 1 aromatic rings. The molecule has 138 valence electrons. The lowest BCUT2D eigenvalue weighted by molar-refractivity contribution is -0.123. The molecule has 1 amide bonds. The molecule has 0 aliphatic carbocycles. The molecule has 0 radical (unpaired) electrons. The van der Waals surface area contributed by atoms with Gasteiger partial charge in [-0.3, -0.25) is 4.79 Å². The van der Waals surface area contributed by atoms with E-state index in [1.165, 1.54) is 0 Å². The van der Waals surface area contributed by atoms with Crippen LogP contribution in [0.5, 0.6) is 0 Å². The highest BCUT2D eigenvalue weighted by Crippen LogP contribution is 2.17. The van der Waals surface area contributed by atoms with Crippen molar-refractivity contribution in [1.82, 2.24) is 20.8 Å². The summed E-state index contributed by atoms with van der Waals surface area (Å²) in [5.74, 6) is 0.954. The molecule has 7 nitrogen and oxygen atoms in total. The Morgan fingerprint density at radius 2 is 2.24 bits per heavy atom. The molecular formula is C18H29N5O2. The summed E-state index contributed by atoms with van der Waals surface area (Å²) in [4.78, 5) is 14.5. The highest BCUT2D eigenvalue weighted by molar-refractivity contribution is 5.81. The Balaban J connectivity index is 1.46. The third kappa shape index (κ3) is 5.12. The standard InChI is InChI=1S/C18H29N5O2/c1-13-7-8-17(22-21-13)23-9-3-5-15(12-23)20-14(2)18(24)19-11-16-6-4-10-25-16/h7-8,14-16,20H,3-6,9-12H2,1-2H3,(H,19,24)/t14-,15+,16+/m1/s1. The first-order chi connectivity index (χ1) is 12.1. The zero-order valence-corrected chi connectivity index (χ0v) is 15.2. The van der Waals surface area contributed by atoms with E-state index in [1.54, 1.807) is 0 Å². The third-order valence-electron chi connectivity index (χ3n) is 4.94. The van der Waals surface area contributed by atoms with Crippen molar-refractivity contribution in [2.75, 3.05) is 31.1 Å². The molecule has 1 aromatic heterocycles. The number of ether oxygens (including phenoxy) is 1. The summed E-state index contributed by atoms with van der Waals surface area (Å²) in [5.41, 5.74) is 0.923. The molecule has 0 unspecified atom stereocenters. The highest BCUT2D eigenvalue weighted by Gasteiger charge is 2.25. The maximum atomic E-state index is 12.3. The van der Waals surface area contributed by atoms with E-state index in [0.29, 0.717) is 6.54 Å². The number of amides is 1. The topological polar surface area (TPSA) is 79.4 Å². The summed E-state index contributed by atoms with van der Waals surface area (Å²) in [5, 5.41) is 14.9. The fourth-order valence-electron chi connectivity index (χ4n) is 3.48. The van der Waals surface area contributed by atoms with Crippen LogP contribution in [0.4, 0.5) is 5.82 Å². The number of aryl methyl sites for hydroxylation is 1. The summed E-state index contributed by atoms with van der Waals surface area (Å²) >= 11 is 0. The Labute approximate surface area is 149 Å². The number of piperidine rings is 1. The van der Waals surface area contributed by atoms with Crippen LogP contribution in [0.1, 0.15) is 38.3 Å². The van der Waals surface area contributed by atoms with Crippen LogP contribution in [-0.4, -0.2) is 60.5 Å². The van der Waals surface area contributed by atoms with Gasteiger partial charge in [-0.1, -0.05) is 0 Å². The fraction of sp³-hybridized carbons (Fsp3) is 0.722. The Kier molecular flexibility index (Phi) is 6.20. The first-order valence-electron chi connectivity index (χ1n) is 9.32. The lowest BCUT2D eigenvalue weighted by atomic mass is 10.0. The largest absolute Gasteiger partial charge is 0.376 e. The SMILES string of the molecule is Cc1ccc(N2CCC[C@H](N[C@H](C)C(=O)NC[C@@H]3CCCO3)C2)nn1. The molecule has 2 saturated heterocycles. The molecule has 0 aromatic carbocycles. The number of rotatable bonds is 6. The van der Waals surface area contributed by atoms with Gasteiger partial charge in [0.1, 0.15) is 0 Å². The van der Waals surface area contributed by atoms with Gasteiger partial charge >= 0.3 is 0 Å². The maximum absolute atomic E-state index is 12.3. The van der Waals surface area contributed by atoms with Gasteiger partial charge in [-0.25, -0.2) is 0 Å². The molecule has 2 aliphatic heterocycles. The molecule has 7 heteroatoms. The highest BCUT2D eigenvalue weighted by atomic mass is 16.5. The molecule has 2 fully saturated rings. The first-order valence-corrected chi connectivity index (χ1v) is 9.32. The van der Waals surface area contributed by atoms with E-state index in [0.717, 1.165) is 56.9 Å². The predicted octanol–water partition coefficient (Wildman–Crippen LogP) is 1.03. The predicted molar refractivity (Wildman–Crippen MR) is 96.6 cm³/mol. The molecule has 3 heterocycles. The average molecular weight is 347 g/mol. The molecule has 3 rings (SSSR count). The molecule has 2 aliphatic rings. The number of hydrogen-bond donors (Lipinski definition) is 2. The molecular weight excluding hydrogens is 318 g/mol. The number of aromatic nitrogens is 2. The van der Waals surface area contributed by atoms with Crippen molar-refractivity contribution in [3.05, 3.63) is 17.8 Å². The van der Waals surface area contributed by atoms with Crippen molar-refractivity contribution in [3.63, 3.8) is 0 Å². The summed E-state index contributed by atoms with van der Waals surface area (Å²) in [6.45, 7) is 7.12. The van der Waals surface area contributed by atoms with Crippen LogP contribution in [0.25, 0.3) is 0 Å². The maximum Gasteiger partial charge on any atom is 0.236 e. The summed E-state index contributed by atoms with van der Waals surface area (Å²) in [7, 11) is 0. The Morgan fingerprint density at radius 3 is 2.96 bits per heavy atom. The number of anilines is 1. The van der Waals surface area contributed by atoms with Gasteiger partial charge in [-0.05, 0) is 51.7 Å². The number of carbonyl (C=O) groups excluding carboxylic acids is 1. The minimum Gasteiger partial charge on any atom is -0.376 e. The van der Waals surface area contributed by atoms with E-state index in [9.17, 15) is 4.79 Å². The van der Waals surface area contributed by atoms with Crippen molar-refractivity contribution in [3.8, 4) is 0 Å². The minimum absolute atomic E-state index is 0.0442. The first kappa shape index (κ1) is 18.1. The number of nitrogens with one attached hydrogen (secondary N) is 2. The molecule has 0 saturated carbocycles. The molecule has 3 atom stereocenters. The van der Waals surface area contributed by atoms with Gasteiger partial charge in [0.2, 0.25) is 5.91 Å². The normalized spacial score (nSPS) is 25.0. The van der Waals surface area contributed by atoms with Gasteiger partial charge in [0.05, 0.1) is 17.8 Å². The van der Waals surface area contributed by atoms with Crippen molar-refractivity contribution in [2.24, 2.45) is 0 Å². The Hall–Kier alpha value is -1.73. The van der Waals surface area contributed by atoms with Crippen LogP contribution in [0.2, 0.25) is 0 Å². The van der Waals surface area contributed by atoms with Crippen LogP contribution in [-0.2, 0) is 9.53 Å².